The zero-order valence-corrected chi connectivity index (χ0v) is 20.6. The third-order valence-electron chi connectivity index (χ3n) is 6.30. The average Bonchev–Trinajstić information content (AvgIpc) is 2.87. The van der Waals surface area contributed by atoms with Gasteiger partial charge in [0, 0.05) is 24.7 Å². The van der Waals surface area contributed by atoms with E-state index in [-0.39, 0.29) is 21.7 Å². The van der Waals surface area contributed by atoms with E-state index in [1.165, 1.54) is 6.20 Å². The number of ether oxygens (including phenoxy) is 2. The highest BCUT2D eigenvalue weighted by atomic mass is 32.2. The summed E-state index contributed by atoms with van der Waals surface area (Å²) in [5, 5.41) is 0.676. The number of aryl methyl sites for hydroxylation is 1. The Hall–Kier alpha value is -3.13. The summed E-state index contributed by atoms with van der Waals surface area (Å²) >= 11 is 0. The maximum Gasteiger partial charge on any atom is 0.310 e. The quantitative estimate of drug-likeness (QED) is 0.461. The van der Waals surface area contributed by atoms with Crippen LogP contribution < -0.4 is 9.64 Å². The van der Waals surface area contributed by atoms with Crippen LogP contribution in [0.3, 0.4) is 0 Å². The second-order valence-corrected chi connectivity index (χ2v) is 10.3. The molecule has 1 atom stereocenters. The van der Waals surface area contributed by atoms with Gasteiger partial charge in [-0.2, -0.15) is 0 Å². The molecule has 34 heavy (non-hydrogen) atoms. The Morgan fingerprint density at radius 1 is 1.15 bits per heavy atom. The summed E-state index contributed by atoms with van der Waals surface area (Å²) in [5.41, 5.74) is 2.28. The van der Waals surface area contributed by atoms with E-state index < -0.39 is 9.84 Å². The molecule has 1 aliphatic rings. The maximum atomic E-state index is 13.8. The van der Waals surface area contributed by atoms with E-state index in [4.69, 9.17) is 9.47 Å². The minimum absolute atomic E-state index is 0.127. The first-order chi connectivity index (χ1) is 16.4. The molecule has 180 valence electrons. The molecule has 0 radical (unpaired) electrons. The topological polar surface area (TPSA) is 85.8 Å². The molecule has 4 rings (SSSR count). The van der Waals surface area contributed by atoms with Crippen LogP contribution in [0.1, 0.15) is 32.3 Å². The zero-order valence-electron chi connectivity index (χ0n) is 19.8. The van der Waals surface area contributed by atoms with Crippen LogP contribution in [0.25, 0.3) is 10.9 Å². The first-order valence-electron chi connectivity index (χ1n) is 11.6. The van der Waals surface area contributed by atoms with Crippen molar-refractivity contribution >= 4 is 32.4 Å². The minimum Gasteiger partial charge on any atom is -0.497 e. The van der Waals surface area contributed by atoms with Crippen molar-refractivity contribution in [2.45, 2.75) is 42.9 Å². The summed E-state index contributed by atoms with van der Waals surface area (Å²) in [5.74, 6) is 0.0426. The molecule has 0 bridgehead atoms. The third-order valence-corrected chi connectivity index (χ3v) is 8.07. The first kappa shape index (κ1) is 24.0. The number of pyridine rings is 1. The Bertz CT molecular complexity index is 1290. The number of piperidine rings is 1. The Labute approximate surface area is 200 Å². The van der Waals surface area contributed by atoms with Gasteiger partial charge in [-0.25, -0.2) is 8.42 Å². The number of carbonyl (C=O) groups is 1. The predicted octanol–water partition coefficient (Wildman–Crippen LogP) is 4.42. The fourth-order valence-corrected chi connectivity index (χ4v) is 5.89. The number of nitrogens with zero attached hydrogens (tertiary/aromatic N) is 2. The molecule has 0 N–H and O–H groups in total. The largest absolute Gasteiger partial charge is 0.497 e. The Morgan fingerprint density at radius 2 is 1.91 bits per heavy atom. The predicted molar refractivity (Wildman–Crippen MR) is 131 cm³/mol. The molecule has 3 aromatic rings. The number of anilines is 1. The van der Waals surface area contributed by atoms with Gasteiger partial charge in [-0.3, -0.25) is 9.78 Å². The molecule has 7 nitrogen and oxygen atoms in total. The van der Waals surface area contributed by atoms with Gasteiger partial charge in [-0.15, -0.1) is 0 Å². The SMILES string of the molecule is CCOC(=O)C1CCCN(c2c(S(=O)(=O)c3ccc(CC)cc3)cnc3ccc(OC)cc23)C1. The van der Waals surface area contributed by atoms with Crippen molar-refractivity contribution in [3.05, 3.63) is 54.2 Å². The minimum atomic E-state index is -3.86. The molecule has 2 heterocycles. The second-order valence-electron chi connectivity index (χ2n) is 8.39. The summed E-state index contributed by atoms with van der Waals surface area (Å²) in [6.45, 7) is 5.14. The Morgan fingerprint density at radius 3 is 2.59 bits per heavy atom. The lowest BCUT2D eigenvalue weighted by atomic mass is 9.97. The van der Waals surface area contributed by atoms with Crippen LogP contribution in [0.5, 0.6) is 5.75 Å². The molecule has 1 saturated heterocycles. The van der Waals surface area contributed by atoms with Gasteiger partial charge in [0.25, 0.3) is 0 Å². The van der Waals surface area contributed by atoms with Crippen LogP contribution >= 0.6 is 0 Å². The summed E-state index contributed by atoms with van der Waals surface area (Å²) in [6, 6.07) is 12.4. The van der Waals surface area contributed by atoms with Crippen LogP contribution in [-0.4, -0.2) is 46.2 Å². The van der Waals surface area contributed by atoms with Gasteiger partial charge in [0.2, 0.25) is 9.84 Å². The third kappa shape index (κ3) is 4.59. The molecule has 2 aromatic carbocycles. The van der Waals surface area contributed by atoms with Crippen molar-refractivity contribution in [2.24, 2.45) is 5.92 Å². The lowest BCUT2D eigenvalue weighted by Crippen LogP contribution is -2.40. The molecule has 0 spiro atoms. The average molecular weight is 483 g/mol. The van der Waals surface area contributed by atoms with Gasteiger partial charge in [0.05, 0.1) is 35.7 Å². The van der Waals surface area contributed by atoms with Gasteiger partial charge in [0.1, 0.15) is 10.6 Å². The fourth-order valence-electron chi connectivity index (χ4n) is 4.45. The number of fused-ring (bicyclic) bond motifs is 1. The smallest absolute Gasteiger partial charge is 0.310 e. The summed E-state index contributed by atoms with van der Waals surface area (Å²) in [6.07, 6.45) is 3.72. The van der Waals surface area contributed by atoms with E-state index >= 15 is 0 Å². The van der Waals surface area contributed by atoms with E-state index in [0.29, 0.717) is 48.5 Å². The first-order valence-corrected chi connectivity index (χ1v) is 13.1. The van der Waals surface area contributed by atoms with Crippen molar-refractivity contribution in [1.29, 1.82) is 0 Å². The van der Waals surface area contributed by atoms with Gasteiger partial charge >= 0.3 is 5.97 Å². The van der Waals surface area contributed by atoms with Crippen molar-refractivity contribution < 1.29 is 22.7 Å². The molecule has 8 heteroatoms. The van der Waals surface area contributed by atoms with E-state index in [1.807, 2.05) is 36.1 Å². The van der Waals surface area contributed by atoms with Gasteiger partial charge in [-0.05, 0) is 62.1 Å². The van der Waals surface area contributed by atoms with E-state index in [2.05, 4.69) is 4.98 Å². The van der Waals surface area contributed by atoms with Crippen LogP contribution in [0, 0.1) is 5.92 Å². The Balaban J connectivity index is 1.88. The highest BCUT2D eigenvalue weighted by Gasteiger charge is 2.32. The van der Waals surface area contributed by atoms with Crippen molar-refractivity contribution in [3.8, 4) is 5.75 Å². The lowest BCUT2D eigenvalue weighted by Gasteiger charge is -2.35. The number of benzene rings is 2. The second kappa shape index (κ2) is 10.0. The molecule has 1 fully saturated rings. The monoisotopic (exact) mass is 482 g/mol. The van der Waals surface area contributed by atoms with Crippen molar-refractivity contribution in [2.75, 3.05) is 31.7 Å². The number of carbonyl (C=O) groups excluding carboxylic acids is 1. The number of aromatic nitrogens is 1. The number of rotatable bonds is 7. The molecular formula is C26H30N2O5S. The fraction of sp³-hybridized carbons (Fsp3) is 0.385. The standard InChI is InChI=1S/C26H30N2O5S/c1-4-18-8-11-21(12-9-18)34(30,31)24-16-27-23-13-10-20(32-3)15-22(23)25(24)28-14-6-7-19(17-28)26(29)33-5-2/h8-13,15-16,19H,4-7,14,17H2,1-3H3. The molecule has 1 aliphatic heterocycles. The molecular weight excluding hydrogens is 452 g/mol. The number of esters is 1. The van der Waals surface area contributed by atoms with Gasteiger partial charge < -0.3 is 14.4 Å². The van der Waals surface area contributed by atoms with Crippen LogP contribution in [0.15, 0.2) is 58.5 Å². The van der Waals surface area contributed by atoms with Crippen LogP contribution in [0.2, 0.25) is 0 Å². The molecule has 1 unspecified atom stereocenters. The summed E-state index contributed by atoms with van der Waals surface area (Å²) < 4.78 is 38.3. The van der Waals surface area contributed by atoms with Crippen LogP contribution in [0.4, 0.5) is 5.69 Å². The highest BCUT2D eigenvalue weighted by molar-refractivity contribution is 7.91. The number of sulfone groups is 1. The lowest BCUT2D eigenvalue weighted by molar-refractivity contribution is -0.148. The summed E-state index contributed by atoms with van der Waals surface area (Å²) in [4.78, 5) is 19.3. The Kier molecular flexibility index (Phi) is 7.07. The molecule has 1 aromatic heterocycles. The van der Waals surface area contributed by atoms with Crippen molar-refractivity contribution in [3.63, 3.8) is 0 Å². The molecule has 0 amide bonds. The highest BCUT2D eigenvalue weighted by Crippen LogP contribution is 2.39. The summed E-state index contributed by atoms with van der Waals surface area (Å²) in [7, 11) is -2.29. The number of methoxy groups -OCH3 is 1. The van der Waals surface area contributed by atoms with E-state index in [0.717, 1.165) is 18.4 Å². The number of hydrogen-bond donors (Lipinski definition) is 0. The number of hydrogen-bond acceptors (Lipinski definition) is 7. The zero-order chi connectivity index (χ0) is 24.3. The van der Waals surface area contributed by atoms with Crippen LogP contribution in [-0.2, 0) is 25.8 Å². The normalized spacial score (nSPS) is 16.4. The van der Waals surface area contributed by atoms with Crippen molar-refractivity contribution in [1.82, 2.24) is 4.98 Å². The van der Waals surface area contributed by atoms with Gasteiger partial charge in [-0.1, -0.05) is 19.1 Å². The van der Waals surface area contributed by atoms with E-state index in [9.17, 15) is 13.2 Å². The van der Waals surface area contributed by atoms with Gasteiger partial charge in [0.15, 0.2) is 0 Å². The maximum absolute atomic E-state index is 13.8. The molecule has 0 saturated carbocycles. The van der Waals surface area contributed by atoms with E-state index in [1.54, 1.807) is 32.2 Å². The molecule has 0 aliphatic carbocycles.